The summed E-state index contributed by atoms with van der Waals surface area (Å²) in [6, 6.07) is 8.13. The molecule has 0 saturated carbocycles. The quantitative estimate of drug-likeness (QED) is 0.751. The smallest absolute Gasteiger partial charge is 0.241 e. The highest BCUT2D eigenvalue weighted by atomic mass is 79.9. The molecule has 0 spiro atoms. The number of aryl methyl sites for hydroxylation is 1. The van der Waals surface area contributed by atoms with Crippen LogP contribution in [0.1, 0.15) is 4.88 Å². The van der Waals surface area contributed by atoms with Crippen LogP contribution in [0, 0.1) is 6.92 Å². The Labute approximate surface area is 110 Å². The average molecular weight is 309 g/mol. The number of fused-ring (bicyclic) bond motifs is 1. The van der Waals surface area contributed by atoms with Crippen molar-refractivity contribution in [2.75, 3.05) is 5.73 Å². The van der Waals surface area contributed by atoms with Crippen LogP contribution in [-0.2, 0) is 0 Å². The van der Waals surface area contributed by atoms with Gasteiger partial charge in [0.1, 0.15) is 0 Å². The first-order chi connectivity index (χ1) is 8.15. The number of hydrogen-bond acceptors (Lipinski definition) is 4. The number of nitrogens with two attached hydrogens (primary N) is 1. The lowest BCUT2D eigenvalue weighted by Gasteiger charge is -2.01. The highest BCUT2D eigenvalue weighted by Crippen LogP contribution is 2.31. The number of rotatable bonds is 1. The van der Waals surface area contributed by atoms with Crippen molar-refractivity contribution >= 4 is 38.2 Å². The van der Waals surface area contributed by atoms with Crippen LogP contribution in [0.25, 0.3) is 16.2 Å². The Morgan fingerprint density at radius 1 is 1.29 bits per heavy atom. The van der Waals surface area contributed by atoms with E-state index in [0.29, 0.717) is 5.95 Å². The molecular formula is C11H9BrN4S. The summed E-state index contributed by atoms with van der Waals surface area (Å²) in [7, 11) is 0. The van der Waals surface area contributed by atoms with E-state index >= 15 is 0 Å². The molecule has 0 aliphatic carbocycles. The van der Waals surface area contributed by atoms with Gasteiger partial charge in [0.2, 0.25) is 10.9 Å². The first kappa shape index (κ1) is 10.7. The molecule has 6 heteroatoms. The standard InChI is InChI=1S/C11H9BrN4S/c1-6-9(7-2-4-8(12)5-3-7)16-11(17-6)14-10(13)15-16/h2-5H,1H3,(H2,13,15). The second-order valence-electron chi connectivity index (χ2n) is 3.68. The van der Waals surface area contributed by atoms with Crippen LogP contribution in [0.2, 0.25) is 0 Å². The van der Waals surface area contributed by atoms with Crippen molar-refractivity contribution in [3.05, 3.63) is 33.6 Å². The minimum atomic E-state index is 0.314. The molecule has 2 heterocycles. The zero-order chi connectivity index (χ0) is 12.0. The van der Waals surface area contributed by atoms with Crippen molar-refractivity contribution in [3.8, 4) is 11.3 Å². The van der Waals surface area contributed by atoms with Gasteiger partial charge in [0.05, 0.1) is 5.69 Å². The monoisotopic (exact) mass is 308 g/mol. The molecule has 2 N–H and O–H groups in total. The van der Waals surface area contributed by atoms with Crippen molar-refractivity contribution in [2.45, 2.75) is 6.92 Å². The average Bonchev–Trinajstić information content (AvgIpc) is 2.75. The molecule has 17 heavy (non-hydrogen) atoms. The summed E-state index contributed by atoms with van der Waals surface area (Å²) in [4.78, 5) is 6.19. The molecule has 86 valence electrons. The van der Waals surface area contributed by atoms with Crippen molar-refractivity contribution in [1.82, 2.24) is 14.6 Å². The van der Waals surface area contributed by atoms with E-state index in [1.165, 1.54) is 4.88 Å². The van der Waals surface area contributed by atoms with E-state index in [4.69, 9.17) is 5.73 Å². The van der Waals surface area contributed by atoms with E-state index < -0.39 is 0 Å². The SMILES string of the molecule is Cc1sc2nc(N)nn2c1-c1ccc(Br)cc1. The molecule has 1 aromatic carbocycles. The first-order valence-corrected chi connectivity index (χ1v) is 6.63. The molecule has 0 fully saturated rings. The number of benzene rings is 1. The minimum Gasteiger partial charge on any atom is -0.366 e. The number of halogens is 1. The van der Waals surface area contributed by atoms with Gasteiger partial charge in [-0.3, -0.25) is 0 Å². The van der Waals surface area contributed by atoms with Crippen LogP contribution in [0.5, 0.6) is 0 Å². The molecule has 0 bridgehead atoms. The molecule has 0 radical (unpaired) electrons. The fourth-order valence-electron chi connectivity index (χ4n) is 1.79. The van der Waals surface area contributed by atoms with E-state index in [2.05, 4.69) is 45.1 Å². The zero-order valence-corrected chi connectivity index (χ0v) is 11.4. The first-order valence-electron chi connectivity index (χ1n) is 5.03. The van der Waals surface area contributed by atoms with Crippen molar-refractivity contribution in [2.24, 2.45) is 0 Å². The number of anilines is 1. The molecule has 0 saturated heterocycles. The fraction of sp³-hybridized carbons (Fsp3) is 0.0909. The molecule has 3 rings (SSSR count). The van der Waals surface area contributed by atoms with Crippen LogP contribution in [0.3, 0.4) is 0 Å². The van der Waals surface area contributed by atoms with Crippen LogP contribution in [0.15, 0.2) is 28.7 Å². The third kappa shape index (κ3) is 1.73. The Morgan fingerprint density at radius 3 is 2.71 bits per heavy atom. The van der Waals surface area contributed by atoms with E-state index in [0.717, 1.165) is 20.7 Å². The minimum absolute atomic E-state index is 0.314. The highest BCUT2D eigenvalue weighted by molar-refractivity contribution is 9.10. The van der Waals surface area contributed by atoms with Gasteiger partial charge in [-0.1, -0.05) is 39.4 Å². The number of nitrogens with zero attached hydrogens (tertiary/aromatic N) is 3. The molecule has 0 aliphatic heterocycles. The predicted octanol–water partition coefficient (Wildman–Crippen LogP) is 3.11. The second-order valence-corrected chi connectivity index (χ2v) is 5.78. The Morgan fingerprint density at radius 2 is 2.00 bits per heavy atom. The maximum absolute atomic E-state index is 5.61. The van der Waals surface area contributed by atoms with Gasteiger partial charge < -0.3 is 5.73 Å². The third-order valence-electron chi connectivity index (χ3n) is 2.50. The topological polar surface area (TPSA) is 56.2 Å². The van der Waals surface area contributed by atoms with Crippen LogP contribution < -0.4 is 5.73 Å². The van der Waals surface area contributed by atoms with Gasteiger partial charge in [-0.2, -0.15) is 4.98 Å². The number of hydrogen-bond donors (Lipinski definition) is 1. The van der Waals surface area contributed by atoms with E-state index in [9.17, 15) is 0 Å². The van der Waals surface area contributed by atoms with Gasteiger partial charge in [0.25, 0.3) is 0 Å². The highest BCUT2D eigenvalue weighted by Gasteiger charge is 2.14. The van der Waals surface area contributed by atoms with Crippen molar-refractivity contribution < 1.29 is 0 Å². The zero-order valence-electron chi connectivity index (χ0n) is 9.01. The summed E-state index contributed by atoms with van der Waals surface area (Å²) in [5, 5.41) is 4.21. The van der Waals surface area contributed by atoms with Gasteiger partial charge in [-0.25, -0.2) is 4.52 Å². The fourth-order valence-corrected chi connectivity index (χ4v) is 2.99. The maximum Gasteiger partial charge on any atom is 0.241 e. The van der Waals surface area contributed by atoms with Crippen LogP contribution >= 0.6 is 27.3 Å². The lowest BCUT2D eigenvalue weighted by atomic mass is 10.1. The second kappa shape index (κ2) is 3.82. The van der Waals surface area contributed by atoms with Gasteiger partial charge in [0.15, 0.2) is 0 Å². The molecule has 0 aliphatic rings. The Balaban J connectivity index is 2.28. The maximum atomic E-state index is 5.61. The number of nitrogen functional groups attached to an aromatic ring is 1. The van der Waals surface area contributed by atoms with E-state index in [-0.39, 0.29) is 0 Å². The predicted molar refractivity (Wildman–Crippen MR) is 73.1 cm³/mol. The van der Waals surface area contributed by atoms with E-state index in [1.807, 2.05) is 12.1 Å². The van der Waals surface area contributed by atoms with Crippen molar-refractivity contribution in [1.29, 1.82) is 0 Å². The Hall–Kier alpha value is -1.40. The van der Waals surface area contributed by atoms with Crippen LogP contribution in [-0.4, -0.2) is 14.6 Å². The Bertz CT molecular complexity index is 683. The molecule has 0 unspecified atom stereocenters. The van der Waals surface area contributed by atoms with E-state index in [1.54, 1.807) is 15.9 Å². The van der Waals surface area contributed by atoms with Gasteiger partial charge in [-0.15, -0.1) is 5.10 Å². The number of aromatic nitrogens is 3. The third-order valence-corrected chi connectivity index (χ3v) is 3.98. The Kier molecular flexibility index (Phi) is 2.41. The normalized spacial score (nSPS) is 11.2. The molecule has 2 aromatic heterocycles. The van der Waals surface area contributed by atoms with Gasteiger partial charge in [-0.05, 0) is 19.1 Å². The molecule has 0 amide bonds. The summed E-state index contributed by atoms with van der Waals surface area (Å²) in [6.45, 7) is 2.06. The van der Waals surface area contributed by atoms with Crippen molar-refractivity contribution in [3.63, 3.8) is 0 Å². The van der Waals surface area contributed by atoms with Gasteiger partial charge in [0, 0.05) is 14.9 Å². The molecule has 0 atom stereocenters. The summed E-state index contributed by atoms with van der Waals surface area (Å²) in [5.41, 5.74) is 7.78. The summed E-state index contributed by atoms with van der Waals surface area (Å²) < 4.78 is 2.86. The van der Waals surface area contributed by atoms with Crippen LogP contribution in [0.4, 0.5) is 5.95 Å². The summed E-state index contributed by atoms with van der Waals surface area (Å²) in [6.07, 6.45) is 0. The molecule has 3 aromatic rings. The molecule has 4 nitrogen and oxygen atoms in total. The summed E-state index contributed by atoms with van der Waals surface area (Å²) in [5.74, 6) is 0.314. The number of thiazole rings is 1. The lowest BCUT2D eigenvalue weighted by molar-refractivity contribution is 0.987. The summed E-state index contributed by atoms with van der Waals surface area (Å²) >= 11 is 5.03. The molecular weight excluding hydrogens is 300 g/mol. The van der Waals surface area contributed by atoms with Gasteiger partial charge >= 0.3 is 0 Å². The largest absolute Gasteiger partial charge is 0.366 e. The lowest BCUT2D eigenvalue weighted by Crippen LogP contribution is -1.92.